The van der Waals surface area contributed by atoms with Crippen molar-refractivity contribution in [2.75, 3.05) is 0 Å². The molecule has 1 fully saturated rings. The van der Waals surface area contributed by atoms with Gasteiger partial charge in [-0.3, -0.25) is 14.4 Å². The van der Waals surface area contributed by atoms with Gasteiger partial charge in [0.1, 0.15) is 11.7 Å². The number of amides is 1. The fourth-order valence-corrected chi connectivity index (χ4v) is 3.54. The number of rotatable bonds is 4. The third-order valence-corrected chi connectivity index (χ3v) is 4.54. The van der Waals surface area contributed by atoms with Crippen molar-refractivity contribution in [1.82, 2.24) is 5.32 Å². The first-order chi connectivity index (χ1) is 11.2. The molecule has 0 bridgehead atoms. The van der Waals surface area contributed by atoms with Gasteiger partial charge in [0, 0.05) is 18.8 Å². The molecule has 3 atom stereocenters. The summed E-state index contributed by atoms with van der Waals surface area (Å²) in [7, 11) is 0. The molecule has 1 aliphatic carbocycles. The van der Waals surface area contributed by atoms with Gasteiger partial charge in [-0.05, 0) is 44.4 Å². The number of carbonyl (C=O) groups is 3. The molecule has 0 aliphatic heterocycles. The molecule has 126 valence electrons. The Kier molecular flexibility index (Phi) is 5.23. The average molecular weight is 325 g/mol. The number of Topliss-reactive ketones (excluding diaryl/α,β-unsaturated/α-hetero) is 2. The summed E-state index contributed by atoms with van der Waals surface area (Å²) in [4.78, 5) is 37.2. The molecule has 1 aromatic rings. The lowest BCUT2D eigenvalue weighted by Crippen LogP contribution is -2.33. The highest BCUT2D eigenvalue weighted by molar-refractivity contribution is 6.15. The van der Waals surface area contributed by atoms with E-state index in [1.54, 1.807) is 6.92 Å². The Balaban J connectivity index is 2.21. The van der Waals surface area contributed by atoms with E-state index in [0.29, 0.717) is 0 Å². The predicted molar refractivity (Wildman–Crippen MR) is 92.6 cm³/mol. The molecule has 1 aromatic carbocycles. The van der Waals surface area contributed by atoms with Crippen LogP contribution in [0.2, 0.25) is 0 Å². The van der Waals surface area contributed by atoms with E-state index in [0.717, 1.165) is 22.3 Å². The number of nitrogens with one attached hydrogen (secondary N) is 1. The van der Waals surface area contributed by atoms with Crippen molar-refractivity contribution in [2.45, 2.75) is 52.5 Å². The van der Waals surface area contributed by atoms with Gasteiger partial charge in [0.05, 0.1) is 6.04 Å². The van der Waals surface area contributed by atoms with E-state index in [1.807, 2.05) is 32.9 Å². The maximum atomic E-state index is 12.8. The molecule has 1 aliphatic rings. The van der Waals surface area contributed by atoms with E-state index < -0.39 is 11.8 Å². The Bertz CT molecular complexity index is 719. The monoisotopic (exact) mass is 325 g/mol. The maximum Gasteiger partial charge on any atom is 0.221 e. The van der Waals surface area contributed by atoms with Gasteiger partial charge in [0.25, 0.3) is 0 Å². The van der Waals surface area contributed by atoms with Gasteiger partial charge in [-0.1, -0.05) is 23.6 Å². The molecule has 0 heterocycles. The molecule has 4 heteroatoms. The Labute approximate surface area is 143 Å². The second-order valence-electron chi connectivity index (χ2n) is 6.68. The molecule has 0 radical (unpaired) electrons. The van der Waals surface area contributed by atoms with E-state index in [1.165, 1.54) is 0 Å². The molecule has 1 amide bonds. The fourth-order valence-electron chi connectivity index (χ4n) is 3.54. The van der Waals surface area contributed by atoms with Crippen molar-refractivity contribution in [3.05, 3.63) is 34.4 Å². The summed E-state index contributed by atoms with van der Waals surface area (Å²) in [6.45, 7) is 7.53. The average Bonchev–Trinajstić information content (AvgIpc) is 2.73. The third kappa shape index (κ3) is 3.56. The first kappa shape index (κ1) is 17.9. The Hall–Kier alpha value is -2.41. The largest absolute Gasteiger partial charge is 0.343 e. The second-order valence-corrected chi connectivity index (χ2v) is 6.68. The van der Waals surface area contributed by atoms with Gasteiger partial charge in [0.15, 0.2) is 5.78 Å². The molecule has 0 saturated heterocycles. The number of hydrogen-bond acceptors (Lipinski definition) is 3. The molecular weight excluding hydrogens is 302 g/mol. The molecule has 0 aromatic heterocycles. The standard InChI is InChI=1S/C20H23NO3/c1-6-14(5)21-17(23)10-15-9-16(22)19(20(15)24)18-12(3)7-11(2)8-13(18)4/h1,7-8,14-15,19H,9-10H2,2-5H3,(H,21,23). The molecule has 3 unspecified atom stereocenters. The Morgan fingerprint density at radius 2 is 1.88 bits per heavy atom. The normalized spacial score (nSPS) is 21.5. The molecule has 4 nitrogen and oxygen atoms in total. The van der Waals surface area contributed by atoms with E-state index >= 15 is 0 Å². The smallest absolute Gasteiger partial charge is 0.221 e. The minimum Gasteiger partial charge on any atom is -0.343 e. The first-order valence-electron chi connectivity index (χ1n) is 8.14. The molecule has 1 N–H and O–H groups in total. The summed E-state index contributed by atoms with van der Waals surface area (Å²) in [5.41, 5.74) is 3.80. The van der Waals surface area contributed by atoms with Crippen LogP contribution in [0.1, 0.15) is 47.9 Å². The summed E-state index contributed by atoms with van der Waals surface area (Å²) in [6, 6.07) is 3.58. The lowest BCUT2D eigenvalue weighted by molar-refractivity contribution is -0.128. The summed E-state index contributed by atoms with van der Waals surface area (Å²) in [5, 5.41) is 2.64. The number of ketones is 2. The highest BCUT2D eigenvalue weighted by atomic mass is 16.2. The van der Waals surface area contributed by atoms with Gasteiger partial charge >= 0.3 is 0 Å². The van der Waals surface area contributed by atoms with Crippen molar-refractivity contribution in [3.63, 3.8) is 0 Å². The fraction of sp³-hybridized carbons (Fsp3) is 0.450. The van der Waals surface area contributed by atoms with E-state index in [2.05, 4.69) is 11.2 Å². The Morgan fingerprint density at radius 3 is 2.42 bits per heavy atom. The number of benzene rings is 1. The van der Waals surface area contributed by atoms with Crippen LogP contribution in [0.15, 0.2) is 12.1 Å². The van der Waals surface area contributed by atoms with Crippen molar-refractivity contribution in [2.24, 2.45) is 5.92 Å². The first-order valence-corrected chi connectivity index (χ1v) is 8.14. The van der Waals surface area contributed by atoms with E-state index in [4.69, 9.17) is 6.42 Å². The molecular formula is C20H23NO3. The van der Waals surface area contributed by atoms with Crippen molar-refractivity contribution >= 4 is 17.5 Å². The zero-order valence-corrected chi connectivity index (χ0v) is 14.6. The van der Waals surface area contributed by atoms with Crippen LogP contribution in [0.25, 0.3) is 0 Å². The van der Waals surface area contributed by atoms with Crippen molar-refractivity contribution in [1.29, 1.82) is 0 Å². The quantitative estimate of drug-likeness (QED) is 0.683. The molecule has 0 spiro atoms. The number of hydrogen-bond donors (Lipinski definition) is 1. The lowest BCUT2D eigenvalue weighted by atomic mass is 9.86. The van der Waals surface area contributed by atoms with Crippen LogP contribution in [-0.4, -0.2) is 23.5 Å². The third-order valence-electron chi connectivity index (χ3n) is 4.54. The minimum absolute atomic E-state index is 0.0110. The topological polar surface area (TPSA) is 63.2 Å². The molecule has 1 saturated carbocycles. The van der Waals surface area contributed by atoms with Crippen molar-refractivity contribution < 1.29 is 14.4 Å². The predicted octanol–water partition coefficient (Wildman–Crippen LogP) is 2.38. The zero-order chi connectivity index (χ0) is 18.0. The van der Waals surface area contributed by atoms with Crippen LogP contribution in [-0.2, 0) is 14.4 Å². The van der Waals surface area contributed by atoms with Gasteiger partial charge in [-0.2, -0.15) is 0 Å². The minimum atomic E-state index is -0.742. The summed E-state index contributed by atoms with van der Waals surface area (Å²) >= 11 is 0. The van der Waals surface area contributed by atoms with Gasteiger partial charge in [-0.25, -0.2) is 0 Å². The summed E-state index contributed by atoms with van der Waals surface area (Å²) in [6.07, 6.45) is 5.37. The van der Waals surface area contributed by atoms with Crippen LogP contribution in [0, 0.1) is 39.0 Å². The number of carbonyl (C=O) groups excluding carboxylic acids is 3. The van der Waals surface area contributed by atoms with E-state index in [-0.39, 0.29) is 36.4 Å². The molecule has 24 heavy (non-hydrogen) atoms. The number of terminal acetylenes is 1. The SMILES string of the molecule is C#CC(C)NC(=O)CC1CC(=O)C(c2c(C)cc(C)cc2C)C1=O. The highest BCUT2D eigenvalue weighted by Crippen LogP contribution is 2.37. The van der Waals surface area contributed by atoms with Gasteiger partial charge < -0.3 is 5.32 Å². The second kappa shape index (κ2) is 7.00. The number of aryl methyl sites for hydroxylation is 3. The maximum absolute atomic E-state index is 12.8. The van der Waals surface area contributed by atoms with E-state index in [9.17, 15) is 14.4 Å². The summed E-state index contributed by atoms with van der Waals surface area (Å²) < 4.78 is 0. The van der Waals surface area contributed by atoms with Crippen LogP contribution in [0.4, 0.5) is 0 Å². The van der Waals surface area contributed by atoms with Crippen LogP contribution >= 0.6 is 0 Å². The van der Waals surface area contributed by atoms with Crippen LogP contribution in [0.5, 0.6) is 0 Å². The zero-order valence-electron chi connectivity index (χ0n) is 14.6. The van der Waals surface area contributed by atoms with Gasteiger partial charge in [0.2, 0.25) is 5.91 Å². The van der Waals surface area contributed by atoms with Crippen LogP contribution < -0.4 is 5.32 Å². The molecule has 2 rings (SSSR count). The lowest BCUT2D eigenvalue weighted by Gasteiger charge is -2.16. The summed E-state index contributed by atoms with van der Waals surface area (Å²) in [5.74, 6) is 0.566. The highest BCUT2D eigenvalue weighted by Gasteiger charge is 2.43. The van der Waals surface area contributed by atoms with Gasteiger partial charge in [-0.15, -0.1) is 6.42 Å². The van der Waals surface area contributed by atoms with Crippen LogP contribution in [0.3, 0.4) is 0 Å². The Morgan fingerprint density at radius 1 is 1.29 bits per heavy atom. The van der Waals surface area contributed by atoms with Crippen molar-refractivity contribution in [3.8, 4) is 12.3 Å².